The van der Waals surface area contributed by atoms with Crippen LogP contribution < -0.4 is 0 Å². The topological polar surface area (TPSA) is 38.0 Å². The van der Waals surface area contributed by atoms with Gasteiger partial charge < -0.3 is 5.11 Å². The monoisotopic (exact) mass is 284 g/mol. The smallest absolute Gasteiger partial charge is 0.0850 e. The lowest BCUT2D eigenvalue weighted by Gasteiger charge is -2.35. The predicted molar refractivity (Wildman–Crippen MR) is 78.6 cm³/mol. The van der Waals surface area contributed by atoms with Gasteiger partial charge in [0.25, 0.3) is 0 Å². The van der Waals surface area contributed by atoms with Crippen LogP contribution in [0.3, 0.4) is 0 Å². The van der Waals surface area contributed by atoms with E-state index in [1.807, 2.05) is 4.68 Å². The summed E-state index contributed by atoms with van der Waals surface area (Å²) in [6.07, 6.45) is 7.68. The molecular formula is C15H25ClN2O. The van der Waals surface area contributed by atoms with E-state index >= 15 is 0 Å². The van der Waals surface area contributed by atoms with Gasteiger partial charge in [0.2, 0.25) is 0 Å². The minimum atomic E-state index is 0.0276. The maximum Gasteiger partial charge on any atom is 0.0850 e. The summed E-state index contributed by atoms with van der Waals surface area (Å²) in [5.41, 5.74) is 2.14. The standard InChI is InChI=1S/C15H25ClN2O/c1-3-12-14(16)13(18(4-2)17-12)10-15(11-19)8-6-5-7-9-15/h19H,3-11H2,1-2H3. The molecule has 0 bridgehead atoms. The van der Waals surface area contributed by atoms with Crippen molar-refractivity contribution < 1.29 is 5.11 Å². The number of hydrogen-bond donors (Lipinski definition) is 1. The SMILES string of the molecule is CCc1nn(CC)c(CC2(CO)CCCCC2)c1Cl. The van der Waals surface area contributed by atoms with E-state index in [9.17, 15) is 5.11 Å². The van der Waals surface area contributed by atoms with Crippen LogP contribution in [0.5, 0.6) is 0 Å². The fourth-order valence-electron chi connectivity index (χ4n) is 3.23. The van der Waals surface area contributed by atoms with Crippen LogP contribution in [-0.2, 0) is 19.4 Å². The van der Waals surface area contributed by atoms with E-state index in [4.69, 9.17) is 11.6 Å². The van der Waals surface area contributed by atoms with Crippen molar-refractivity contribution in [2.75, 3.05) is 6.61 Å². The first-order chi connectivity index (χ1) is 9.15. The average molecular weight is 285 g/mol. The van der Waals surface area contributed by atoms with Gasteiger partial charge in [0, 0.05) is 13.2 Å². The summed E-state index contributed by atoms with van der Waals surface area (Å²) in [4.78, 5) is 0. The molecule has 0 radical (unpaired) electrons. The van der Waals surface area contributed by atoms with Crippen LogP contribution in [0.25, 0.3) is 0 Å². The highest BCUT2D eigenvalue weighted by atomic mass is 35.5. The second kappa shape index (κ2) is 6.27. The third-order valence-electron chi connectivity index (χ3n) is 4.49. The van der Waals surface area contributed by atoms with Gasteiger partial charge in [-0.05, 0) is 38.0 Å². The Kier molecular flexibility index (Phi) is 4.91. The summed E-state index contributed by atoms with van der Waals surface area (Å²) in [5.74, 6) is 0. The van der Waals surface area contributed by atoms with Gasteiger partial charge in [-0.25, -0.2) is 0 Å². The van der Waals surface area contributed by atoms with E-state index in [0.29, 0.717) is 0 Å². The summed E-state index contributed by atoms with van der Waals surface area (Å²) in [7, 11) is 0. The summed E-state index contributed by atoms with van der Waals surface area (Å²) < 4.78 is 2.02. The number of hydrogen-bond acceptors (Lipinski definition) is 2. The second-order valence-corrected chi connectivity index (χ2v) is 6.15. The molecule has 0 saturated heterocycles. The van der Waals surface area contributed by atoms with Crippen LogP contribution in [0.15, 0.2) is 0 Å². The van der Waals surface area contributed by atoms with Crippen molar-refractivity contribution in [2.45, 2.75) is 65.3 Å². The minimum Gasteiger partial charge on any atom is -0.396 e. The molecule has 1 aromatic heterocycles. The van der Waals surface area contributed by atoms with Crippen molar-refractivity contribution in [3.63, 3.8) is 0 Å². The normalized spacial score (nSPS) is 18.7. The zero-order valence-corrected chi connectivity index (χ0v) is 12.8. The zero-order valence-electron chi connectivity index (χ0n) is 12.1. The molecule has 19 heavy (non-hydrogen) atoms. The van der Waals surface area contributed by atoms with Gasteiger partial charge in [-0.2, -0.15) is 5.10 Å². The molecule has 3 nitrogen and oxygen atoms in total. The molecule has 1 aliphatic rings. The maximum absolute atomic E-state index is 9.85. The van der Waals surface area contributed by atoms with Crippen molar-refractivity contribution >= 4 is 11.6 Å². The van der Waals surface area contributed by atoms with Crippen molar-refractivity contribution in [1.29, 1.82) is 0 Å². The van der Waals surface area contributed by atoms with Gasteiger partial charge in [-0.1, -0.05) is 37.8 Å². The molecule has 1 N–H and O–H groups in total. The van der Waals surface area contributed by atoms with Gasteiger partial charge in [-0.3, -0.25) is 4.68 Å². The Morgan fingerprint density at radius 2 is 1.95 bits per heavy atom. The third kappa shape index (κ3) is 2.97. The Bertz CT molecular complexity index is 422. The highest BCUT2D eigenvalue weighted by molar-refractivity contribution is 6.31. The predicted octanol–water partition coefficient (Wildman–Crippen LogP) is 3.60. The lowest BCUT2D eigenvalue weighted by Crippen LogP contribution is -2.31. The summed E-state index contributed by atoms with van der Waals surface area (Å²) in [6, 6.07) is 0. The van der Waals surface area contributed by atoms with Gasteiger partial charge >= 0.3 is 0 Å². The molecule has 0 aliphatic heterocycles. The van der Waals surface area contributed by atoms with Crippen LogP contribution in [0.2, 0.25) is 5.02 Å². The molecule has 0 atom stereocenters. The van der Waals surface area contributed by atoms with Crippen LogP contribution in [0.4, 0.5) is 0 Å². The number of aromatic nitrogens is 2. The van der Waals surface area contributed by atoms with Crippen molar-refractivity contribution in [2.24, 2.45) is 5.41 Å². The molecule has 0 amide bonds. The van der Waals surface area contributed by atoms with E-state index < -0.39 is 0 Å². The Balaban J connectivity index is 2.28. The first-order valence-electron chi connectivity index (χ1n) is 7.50. The van der Waals surface area contributed by atoms with E-state index in [0.717, 1.165) is 48.6 Å². The molecule has 1 aromatic rings. The quantitative estimate of drug-likeness (QED) is 0.897. The highest BCUT2D eigenvalue weighted by Crippen LogP contribution is 2.40. The maximum atomic E-state index is 9.85. The molecule has 0 unspecified atom stereocenters. The Morgan fingerprint density at radius 3 is 2.47 bits per heavy atom. The molecule has 2 rings (SSSR count). The van der Waals surface area contributed by atoms with E-state index in [1.165, 1.54) is 19.3 Å². The fourth-order valence-corrected chi connectivity index (χ4v) is 3.57. The van der Waals surface area contributed by atoms with Crippen LogP contribution in [-0.4, -0.2) is 21.5 Å². The number of aliphatic hydroxyl groups excluding tert-OH is 1. The number of nitrogens with zero attached hydrogens (tertiary/aromatic N) is 2. The summed E-state index contributed by atoms with van der Waals surface area (Å²) in [5, 5.41) is 15.3. The van der Waals surface area contributed by atoms with Gasteiger partial charge in [-0.15, -0.1) is 0 Å². The van der Waals surface area contributed by atoms with Crippen LogP contribution in [0, 0.1) is 5.41 Å². The van der Waals surface area contributed by atoms with Crippen molar-refractivity contribution in [3.05, 3.63) is 16.4 Å². The van der Waals surface area contributed by atoms with Crippen LogP contribution >= 0.6 is 11.6 Å². The summed E-state index contributed by atoms with van der Waals surface area (Å²) in [6.45, 7) is 5.29. The molecule has 1 aliphatic carbocycles. The van der Waals surface area contributed by atoms with E-state index in [-0.39, 0.29) is 12.0 Å². The fraction of sp³-hybridized carbons (Fsp3) is 0.800. The van der Waals surface area contributed by atoms with Gasteiger partial charge in [0.05, 0.1) is 16.4 Å². The molecule has 1 saturated carbocycles. The highest BCUT2D eigenvalue weighted by Gasteiger charge is 2.34. The molecule has 0 aromatic carbocycles. The zero-order chi connectivity index (χ0) is 13.9. The third-order valence-corrected chi connectivity index (χ3v) is 4.92. The largest absolute Gasteiger partial charge is 0.396 e. The molecule has 0 spiro atoms. The molecule has 1 fully saturated rings. The minimum absolute atomic E-state index is 0.0276. The summed E-state index contributed by atoms with van der Waals surface area (Å²) >= 11 is 6.48. The van der Waals surface area contributed by atoms with E-state index in [1.54, 1.807) is 0 Å². The van der Waals surface area contributed by atoms with E-state index in [2.05, 4.69) is 18.9 Å². The van der Waals surface area contributed by atoms with Gasteiger partial charge in [0.1, 0.15) is 0 Å². The average Bonchev–Trinajstić information content (AvgIpc) is 2.76. The Labute approximate surface area is 121 Å². The number of halogens is 1. The number of rotatable bonds is 5. The van der Waals surface area contributed by atoms with Crippen LogP contribution in [0.1, 0.15) is 57.3 Å². The number of aryl methyl sites for hydroxylation is 2. The molecular weight excluding hydrogens is 260 g/mol. The lowest BCUT2D eigenvalue weighted by molar-refractivity contribution is 0.0803. The Hall–Kier alpha value is -0.540. The molecule has 4 heteroatoms. The second-order valence-electron chi connectivity index (χ2n) is 5.77. The molecule has 108 valence electrons. The van der Waals surface area contributed by atoms with Gasteiger partial charge in [0.15, 0.2) is 0 Å². The number of aliphatic hydroxyl groups is 1. The molecule has 1 heterocycles. The Morgan fingerprint density at radius 1 is 1.26 bits per heavy atom. The lowest BCUT2D eigenvalue weighted by atomic mass is 9.71. The first kappa shape index (κ1) is 14.9. The first-order valence-corrected chi connectivity index (χ1v) is 7.88. The van der Waals surface area contributed by atoms with Crippen molar-refractivity contribution in [1.82, 2.24) is 9.78 Å². The van der Waals surface area contributed by atoms with Crippen molar-refractivity contribution in [3.8, 4) is 0 Å².